The Morgan fingerprint density at radius 1 is 1.11 bits per heavy atom. The number of benzene rings is 2. The van der Waals surface area contributed by atoms with Crippen molar-refractivity contribution in [1.29, 1.82) is 10.5 Å². The zero-order chi connectivity index (χ0) is 20.1. The molecule has 7 nitrogen and oxygen atoms in total. The van der Waals surface area contributed by atoms with Gasteiger partial charge in [0.15, 0.2) is 16.6 Å². The molecule has 28 heavy (non-hydrogen) atoms. The number of carbonyl (C=O) groups excluding carboxylic acids is 1. The standard InChI is InChI=1S/C20H12N4O3S/c21-9-12-1-4-14(5-2-12)16-11-28-20(23-16)24-19(27)15(10-22)7-13-3-6-17(25)18(26)8-13/h1-8,11,25-26H,(H,23,24,27)/b15-7+. The lowest BCUT2D eigenvalue weighted by atomic mass is 10.1. The molecule has 0 aliphatic rings. The van der Waals surface area contributed by atoms with Gasteiger partial charge in [-0.25, -0.2) is 4.98 Å². The number of nitriles is 2. The second-order valence-corrected chi connectivity index (χ2v) is 6.46. The summed E-state index contributed by atoms with van der Waals surface area (Å²) >= 11 is 1.20. The molecule has 0 bridgehead atoms. The van der Waals surface area contributed by atoms with Crippen LogP contribution in [0.25, 0.3) is 17.3 Å². The quantitative estimate of drug-likeness (QED) is 0.355. The van der Waals surface area contributed by atoms with Crippen molar-refractivity contribution in [2.24, 2.45) is 0 Å². The van der Waals surface area contributed by atoms with Gasteiger partial charge in [0.25, 0.3) is 5.91 Å². The molecule has 8 heteroatoms. The molecule has 136 valence electrons. The van der Waals surface area contributed by atoms with Crippen LogP contribution in [0.3, 0.4) is 0 Å². The number of rotatable bonds is 4. The van der Waals surface area contributed by atoms with E-state index in [0.29, 0.717) is 22.0 Å². The van der Waals surface area contributed by atoms with Gasteiger partial charge in [-0.1, -0.05) is 18.2 Å². The van der Waals surface area contributed by atoms with Gasteiger partial charge in [-0.2, -0.15) is 10.5 Å². The first-order chi connectivity index (χ1) is 13.5. The molecule has 2 aromatic carbocycles. The molecule has 3 aromatic rings. The van der Waals surface area contributed by atoms with E-state index in [2.05, 4.69) is 10.3 Å². The van der Waals surface area contributed by atoms with E-state index < -0.39 is 5.91 Å². The minimum Gasteiger partial charge on any atom is -0.504 e. The smallest absolute Gasteiger partial charge is 0.268 e. The number of amides is 1. The van der Waals surface area contributed by atoms with Crippen LogP contribution in [0.1, 0.15) is 11.1 Å². The average molecular weight is 388 g/mol. The molecule has 0 saturated heterocycles. The molecule has 0 aliphatic carbocycles. The van der Waals surface area contributed by atoms with Crippen LogP contribution >= 0.6 is 11.3 Å². The maximum absolute atomic E-state index is 12.3. The molecule has 0 unspecified atom stereocenters. The minimum atomic E-state index is -0.643. The van der Waals surface area contributed by atoms with E-state index in [1.807, 2.05) is 6.07 Å². The molecule has 0 fully saturated rings. The predicted molar refractivity (Wildman–Crippen MR) is 104 cm³/mol. The van der Waals surface area contributed by atoms with Crippen molar-refractivity contribution in [2.45, 2.75) is 0 Å². The third kappa shape index (κ3) is 4.15. The number of thiazole rings is 1. The Hall–Kier alpha value is -4.14. The lowest BCUT2D eigenvalue weighted by Crippen LogP contribution is -2.13. The summed E-state index contributed by atoms with van der Waals surface area (Å²) in [6, 6.07) is 14.7. The van der Waals surface area contributed by atoms with Gasteiger partial charge in [-0.3, -0.25) is 10.1 Å². The predicted octanol–water partition coefficient (Wildman–Crippen LogP) is 3.64. The lowest BCUT2D eigenvalue weighted by molar-refractivity contribution is -0.112. The summed E-state index contributed by atoms with van der Waals surface area (Å²) in [4.78, 5) is 16.7. The van der Waals surface area contributed by atoms with Gasteiger partial charge in [0, 0.05) is 10.9 Å². The number of nitrogens with zero attached hydrogens (tertiary/aromatic N) is 3. The fourth-order valence-electron chi connectivity index (χ4n) is 2.29. The van der Waals surface area contributed by atoms with Gasteiger partial charge >= 0.3 is 0 Å². The Morgan fingerprint density at radius 2 is 1.86 bits per heavy atom. The second kappa shape index (κ2) is 8.04. The van der Waals surface area contributed by atoms with Crippen LogP contribution in [-0.2, 0) is 4.79 Å². The zero-order valence-electron chi connectivity index (χ0n) is 14.2. The molecular weight excluding hydrogens is 376 g/mol. The zero-order valence-corrected chi connectivity index (χ0v) is 15.1. The summed E-state index contributed by atoms with van der Waals surface area (Å²) < 4.78 is 0. The average Bonchev–Trinajstić information content (AvgIpc) is 3.17. The van der Waals surface area contributed by atoms with Gasteiger partial charge < -0.3 is 10.2 Å². The van der Waals surface area contributed by atoms with E-state index in [-0.39, 0.29) is 17.1 Å². The monoisotopic (exact) mass is 388 g/mol. The third-order valence-corrected chi connectivity index (χ3v) is 4.47. The lowest BCUT2D eigenvalue weighted by Gasteiger charge is -2.02. The molecule has 3 N–H and O–H groups in total. The maximum Gasteiger partial charge on any atom is 0.268 e. The van der Waals surface area contributed by atoms with Crippen LogP contribution in [-0.4, -0.2) is 21.1 Å². The van der Waals surface area contributed by atoms with Gasteiger partial charge in [0.05, 0.1) is 17.3 Å². The van der Waals surface area contributed by atoms with E-state index >= 15 is 0 Å². The molecular formula is C20H12N4O3S. The topological polar surface area (TPSA) is 130 Å². The summed E-state index contributed by atoms with van der Waals surface area (Å²) in [7, 11) is 0. The highest BCUT2D eigenvalue weighted by Crippen LogP contribution is 2.27. The summed E-state index contributed by atoms with van der Waals surface area (Å²) in [5, 5.41) is 41.6. The van der Waals surface area contributed by atoms with Crippen LogP contribution < -0.4 is 5.32 Å². The largest absolute Gasteiger partial charge is 0.504 e. The highest BCUT2D eigenvalue weighted by Gasteiger charge is 2.13. The van der Waals surface area contributed by atoms with Gasteiger partial charge in [-0.05, 0) is 35.9 Å². The molecule has 1 heterocycles. The van der Waals surface area contributed by atoms with Gasteiger partial charge in [-0.15, -0.1) is 11.3 Å². The van der Waals surface area contributed by atoms with Crippen molar-refractivity contribution in [3.05, 3.63) is 64.5 Å². The molecule has 0 spiro atoms. The SMILES string of the molecule is N#C/C(=C\c1ccc(O)c(O)c1)C(=O)Nc1nc(-c2ccc(C#N)cc2)cs1. The third-order valence-electron chi connectivity index (χ3n) is 3.71. The minimum absolute atomic E-state index is 0.180. The number of anilines is 1. The van der Waals surface area contributed by atoms with Crippen LogP contribution in [0.2, 0.25) is 0 Å². The second-order valence-electron chi connectivity index (χ2n) is 5.60. The number of hydrogen-bond donors (Lipinski definition) is 3. The fourth-order valence-corrected chi connectivity index (χ4v) is 3.00. The Morgan fingerprint density at radius 3 is 2.50 bits per heavy atom. The normalized spacial score (nSPS) is 10.7. The molecule has 0 radical (unpaired) electrons. The van der Waals surface area contributed by atoms with Crippen molar-refractivity contribution in [3.63, 3.8) is 0 Å². The first-order valence-corrected chi connectivity index (χ1v) is 8.79. The number of phenolic OH excluding ortho intramolecular Hbond substituents is 2. The number of aromatic hydroxyl groups is 2. The molecule has 1 aromatic heterocycles. The molecule has 1 amide bonds. The van der Waals surface area contributed by atoms with E-state index in [9.17, 15) is 20.3 Å². The molecule has 0 atom stereocenters. The van der Waals surface area contributed by atoms with Crippen molar-refractivity contribution in [3.8, 4) is 34.9 Å². The maximum atomic E-state index is 12.3. The van der Waals surface area contributed by atoms with Crippen molar-refractivity contribution in [1.82, 2.24) is 4.98 Å². The van der Waals surface area contributed by atoms with Crippen molar-refractivity contribution < 1.29 is 15.0 Å². The Kier molecular flexibility index (Phi) is 5.35. The Balaban J connectivity index is 1.77. The highest BCUT2D eigenvalue weighted by molar-refractivity contribution is 7.14. The highest BCUT2D eigenvalue weighted by atomic mass is 32.1. The fraction of sp³-hybridized carbons (Fsp3) is 0. The number of hydrogen-bond acceptors (Lipinski definition) is 7. The Labute approximate surface area is 164 Å². The van der Waals surface area contributed by atoms with E-state index in [0.717, 1.165) is 5.56 Å². The summed E-state index contributed by atoms with van der Waals surface area (Å²) in [5.74, 6) is -1.28. The van der Waals surface area contributed by atoms with Crippen LogP contribution in [0.4, 0.5) is 5.13 Å². The molecule has 3 rings (SSSR count). The summed E-state index contributed by atoms with van der Waals surface area (Å²) in [6.07, 6.45) is 1.30. The number of aromatic nitrogens is 1. The number of carbonyl (C=O) groups is 1. The van der Waals surface area contributed by atoms with Crippen LogP contribution in [0.5, 0.6) is 11.5 Å². The first kappa shape index (κ1) is 18.6. The Bertz CT molecular complexity index is 1150. The van der Waals surface area contributed by atoms with Crippen LogP contribution in [0, 0.1) is 22.7 Å². The van der Waals surface area contributed by atoms with E-state index in [4.69, 9.17) is 5.26 Å². The van der Waals surface area contributed by atoms with Gasteiger partial charge in [0.1, 0.15) is 11.6 Å². The summed E-state index contributed by atoms with van der Waals surface area (Å²) in [6.45, 7) is 0. The van der Waals surface area contributed by atoms with Crippen molar-refractivity contribution >= 4 is 28.5 Å². The van der Waals surface area contributed by atoms with Crippen LogP contribution in [0.15, 0.2) is 53.4 Å². The van der Waals surface area contributed by atoms with Crippen molar-refractivity contribution in [2.75, 3.05) is 5.32 Å². The van der Waals surface area contributed by atoms with Gasteiger partial charge in [0.2, 0.25) is 0 Å². The van der Waals surface area contributed by atoms with E-state index in [1.54, 1.807) is 35.7 Å². The molecule has 0 aliphatic heterocycles. The van der Waals surface area contributed by atoms with E-state index in [1.165, 1.54) is 35.6 Å². The number of nitrogens with one attached hydrogen (secondary N) is 1. The molecule has 0 saturated carbocycles. The number of phenols is 2. The summed E-state index contributed by atoms with van der Waals surface area (Å²) in [5.41, 5.74) is 2.18. The first-order valence-electron chi connectivity index (χ1n) is 7.91.